The van der Waals surface area contributed by atoms with E-state index in [4.69, 9.17) is 16.3 Å². The van der Waals surface area contributed by atoms with Gasteiger partial charge >= 0.3 is 0 Å². The zero-order chi connectivity index (χ0) is 28.7. The van der Waals surface area contributed by atoms with E-state index >= 15 is 0 Å². The van der Waals surface area contributed by atoms with E-state index in [1.165, 1.54) is 18.2 Å². The van der Waals surface area contributed by atoms with Gasteiger partial charge in [0.15, 0.2) is 11.5 Å². The summed E-state index contributed by atoms with van der Waals surface area (Å²) in [5.41, 5.74) is 0.0867. The second-order valence-electron chi connectivity index (χ2n) is 10.9. The van der Waals surface area contributed by atoms with E-state index in [2.05, 4.69) is 0 Å². The van der Waals surface area contributed by atoms with Crippen LogP contribution in [0.2, 0.25) is 5.02 Å². The number of hydroxylamine groups is 2. The number of hydrogen-bond acceptors (Lipinski definition) is 7. The Hall–Kier alpha value is -3.76. The fourth-order valence-electron chi connectivity index (χ4n) is 7.23. The molecule has 208 valence electrons. The van der Waals surface area contributed by atoms with Crippen molar-refractivity contribution in [3.8, 4) is 11.5 Å². The molecular formula is C29H26ClFN2O7. The van der Waals surface area contributed by atoms with Gasteiger partial charge < -0.3 is 9.84 Å². The molecular weight excluding hydrogens is 543 g/mol. The number of phenols is 1. The van der Waals surface area contributed by atoms with Crippen LogP contribution in [-0.4, -0.2) is 45.6 Å². The van der Waals surface area contributed by atoms with Crippen LogP contribution in [0.3, 0.4) is 0 Å². The summed E-state index contributed by atoms with van der Waals surface area (Å²) < 4.78 is 19.6. The molecule has 2 aliphatic carbocycles. The lowest BCUT2D eigenvalue weighted by Crippen LogP contribution is -2.48. The van der Waals surface area contributed by atoms with E-state index in [9.17, 15) is 33.9 Å². The summed E-state index contributed by atoms with van der Waals surface area (Å²) in [6, 6.07) is 8.34. The Balaban J connectivity index is 1.54. The van der Waals surface area contributed by atoms with Crippen molar-refractivity contribution >= 4 is 40.9 Å². The molecule has 6 atom stereocenters. The van der Waals surface area contributed by atoms with Crippen molar-refractivity contribution in [1.82, 2.24) is 5.06 Å². The number of carbonyl (C=O) groups excluding carboxylic acids is 4. The fraction of sp³-hybridized carbons (Fsp3) is 0.379. The molecule has 6 rings (SSSR count). The molecule has 0 aromatic heterocycles. The number of amides is 4. The third-order valence-corrected chi connectivity index (χ3v) is 9.32. The number of halogens is 2. The highest BCUT2D eigenvalue weighted by atomic mass is 35.5. The molecule has 4 aliphatic rings. The van der Waals surface area contributed by atoms with Crippen LogP contribution in [0, 0.1) is 34.9 Å². The number of rotatable bonds is 4. The number of benzene rings is 2. The lowest BCUT2D eigenvalue weighted by molar-refractivity contribution is -0.173. The molecule has 2 N–H and O–H groups in total. The molecule has 2 aliphatic heterocycles. The molecule has 3 fully saturated rings. The van der Waals surface area contributed by atoms with Crippen LogP contribution in [0.1, 0.15) is 38.2 Å². The average Bonchev–Trinajstić information content (AvgIpc) is 3.27. The van der Waals surface area contributed by atoms with Crippen molar-refractivity contribution in [2.24, 2.45) is 29.1 Å². The predicted molar refractivity (Wildman–Crippen MR) is 139 cm³/mol. The maximum Gasteiger partial charge on any atom is 0.257 e. The number of allylic oxidation sites excluding steroid dienone is 2. The van der Waals surface area contributed by atoms with Gasteiger partial charge in [-0.1, -0.05) is 29.3 Å². The van der Waals surface area contributed by atoms with E-state index < -0.39 is 64.5 Å². The van der Waals surface area contributed by atoms with Crippen molar-refractivity contribution in [3.05, 3.63) is 64.5 Å². The van der Waals surface area contributed by atoms with Crippen LogP contribution in [0.4, 0.5) is 10.1 Å². The van der Waals surface area contributed by atoms with Crippen molar-refractivity contribution in [1.29, 1.82) is 0 Å². The number of ether oxygens (including phenoxy) is 1. The largest absolute Gasteiger partial charge is 0.504 e. The first kappa shape index (κ1) is 26.5. The van der Waals surface area contributed by atoms with Gasteiger partial charge in [0.25, 0.3) is 11.8 Å². The molecule has 11 heteroatoms. The zero-order valence-electron chi connectivity index (χ0n) is 21.6. The number of imide groups is 2. The van der Waals surface area contributed by atoms with Gasteiger partial charge in [-0.3, -0.25) is 24.4 Å². The highest BCUT2D eigenvalue weighted by Crippen LogP contribution is 2.63. The number of aromatic hydroxyl groups is 1. The molecule has 2 saturated heterocycles. The Kier molecular flexibility index (Phi) is 6.05. The van der Waals surface area contributed by atoms with Crippen LogP contribution in [0.25, 0.3) is 0 Å². The first-order chi connectivity index (χ1) is 19.0. The first-order valence-corrected chi connectivity index (χ1v) is 13.4. The molecule has 2 aromatic carbocycles. The minimum Gasteiger partial charge on any atom is -0.504 e. The van der Waals surface area contributed by atoms with Gasteiger partial charge in [0.2, 0.25) is 11.8 Å². The molecule has 9 nitrogen and oxygen atoms in total. The highest BCUT2D eigenvalue weighted by Gasteiger charge is 2.67. The number of fused-ring (bicyclic) bond motifs is 4. The number of nitrogens with zero attached hydrogens (tertiary/aromatic N) is 2. The standard InChI is InChI=1S/C29H26ClFN2O7/c1-3-40-22-10-13(4-9-21(22)34)24-15-6-7-16-23(27(37)33(39)25(16)35)17(15)12-18-26(36)32(28(38)29(18,24)2)14-5-8-20(31)19(30)11-14/h4-6,8-11,16-18,23-24,34,39H,3,7,12H2,1-2H3/t16-,17+,18-,23-,24-,29+/m0/s1. The summed E-state index contributed by atoms with van der Waals surface area (Å²) >= 11 is 6.00. The van der Waals surface area contributed by atoms with E-state index in [0.29, 0.717) is 11.1 Å². The van der Waals surface area contributed by atoms with Gasteiger partial charge in [0.1, 0.15) is 5.82 Å². The second-order valence-corrected chi connectivity index (χ2v) is 11.3. The Morgan fingerprint density at radius 1 is 1.07 bits per heavy atom. The van der Waals surface area contributed by atoms with Gasteiger partial charge in [0, 0.05) is 5.92 Å². The Labute approximate surface area is 233 Å². The maximum atomic E-state index is 14.3. The zero-order valence-corrected chi connectivity index (χ0v) is 22.4. The smallest absolute Gasteiger partial charge is 0.257 e. The molecule has 0 radical (unpaired) electrons. The molecule has 2 heterocycles. The lowest BCUT2D eigenvalue weighted by Gasteiger charge is -2.49. The topological polar surface area (TPSA) is 124 Å². The van der Waals surface area contributed by atoms with Crippen molar-refractivity contribution in [2.75, 3.05) is 11.5 Å². The summed E-state index contributed by atoms with van der Waals surface area (Å²) in [6.07, 6.45) is 2.12. The van der Waals surface area contributed by atoms with E-state index in [-0.39, 0.29) is 46.7 Å². The molecule has 4 amide bonds. The SMILES string of the molecule is CCOc1cc([C@H]2C3=CC[C@@H]4C(=O)N(O)C(=O)[C@@H]4[C@@H]3C[C@H]3C(=O)N(c4ccc(F)c(Cl)c4)C(=O)[C@@]23C)ccc1O. The summed E-state index contributed by atoms with van der Waals surface area (Å²) in [4.78, 5) is 55.0. The van der Waals surface area contributed by atoms with Crippen LogP contribution < -0.4 is 9.64 Å². The minimum atomic E-state index is -1.34. The average molecular weight is 569 g/mol. The predicted octanol–water partition coefficient (Wildman–Crippen LogP) is 4.20. The second kappa shape index (κ2) is 9.14. The molecule has 0 spiro atoms. The summed E-state index contributed by atoms with van der Waals surface area (Å²) in [5.74, 6) is -6.94. The van der Waals surface area contributed by atoms with Gasteiger partial charge in [-0.2, -0.15) is 5.06 Å². The van der Waals surface area contributed by atoms with Crippen molar-refractivity contribution in [3.63, 3.8) is 0 Å². The summed E-state index contributed by atoms with van der Waals surface area (Å²) in [5, 5.41) is 20.5. The number of phenolic OH excluding ortho intramolecular Hbond substituents is 1. The summed E-state index contributed by atoms with van der Waals surface area (Å²) in [6.45, 7) is 3.73. The van der Waals surface area contributed by atoms with Crippen LogP contribution in [0.15, 0.2) is 48.0 Å². The summed E-state index contributed by atoms with van der Waals surface area (Å²) in [7, 11) is 0. The lowest BCUT2D eigenvalue weighted by atomic mass is 9.51. The van der Waals surface area contributed by atoms with Crippen LogP contribution >= 0.6 is 11.6 Å². The van der Waals surface area contributed by atoms with Crippen LogP contribution in [0.5, 0.6) is 11.5 Å². The normalized spacial score (nSPS) is 31.2. The first-order valence-electron chi connectivity index (χ1n) is 13.1. The molecule has 0 bridgehead atoms. The van der Waals surface area contributed by atoms with Crippen molar-refractivity contribution in [2.45, 2.75) is 32.6 Å². The van der Waals surface area contributed by atoms with E-state index in [1.54, 1.807) is 26.0 Å². The number of carbonyl (C=O) groups is 4. The van der Waals surface area contributed by atoms with Gasteiger partial charge in [-0.05, 0) is 68.5 Å². The molecule has 0 unspecified atom stereocenters. The van der Waals surface area contributed by atoms with Gasteiger partial charge in [-0.25, -0.2) is 9.29 Å². The minimum absolute atomic E-state index is 0.0961. The monoisotopic (exact) mass is 568 g/mol. The number of anilines is 1. The Bertz CT molecular complexity index is 1530. The quantitative estimate of drug-likeness (QED) is 0.322. The van der Waals surface area contributed by atoms with Gasteiger partial charge in [0.05, 0.1) is 40.5 Å². The third-order valence-electron chi connectivity index (χ3n) is 9.03. The molecule has 1 saturated carbocycles. The van der Waals surface area contributed by atoms with E-state index in [0.717, 1.165) is 11.0 Å². The molecule has 2 aromatic rings. The van der Waals surface area contributed by atoms with E-state index in [1.807, 2.05) is 6.08 Å². The van der Waals surface area contributed by atoms with Gasteiger partial charge in [-0.15, -0.1) is 0 Å². The Morgan fingerprint density at radius 2 is 1.82 bits per heavy atom. The maximum absolute atomic E-state index is 14.3. The fourth-order valence-corrected chi connectivity index (χ4v) is 7.41. The Morgan fingerprint density at radius 3 is 2.52 bits per heavy atom. The highest BCUT2D eigenvalue weighted by molar-refractivity contribution is 6.31. The molecule has 40 heavy (non-hydrogen) atoms. The third kappa shape index (κ3) is 3.48. The number of hydrogen-bond donors (Lipinski definition) is 2. The van der Waals surface area contributed by atoms with Crippen LogP contribution in [-0.2, 0) is 19.2 Å². The van der Waals surface area contributed by atoms with Crippen molar-refractivity contribution < 1.29 is 38.6 Å².